The third kappa shape index (κ3) is 2.10. The van der Waals surface area contributed by atoms with Gasteiger partial charge in [0.15, 0.2) is 5.78 Å². The molecule has 4 heteroatoms. The summed E-state index contributed by atoms with van der Waals surface area (Å²) in [5.74, 6) is -0.315. The normalized spacial score (nSPS) is 10.1. The molecule has 0 aromatic heterocycles. The molecule has 3 N–H and O–H groups in total. The predicted molar refractivity (Wildman–Crippen MR) is 52.2 cm³/mol. The summed E-state index contributed by atoms with van der Waals surface area (Å²) in [6, 6.07) is 4.94. The molecule has 0 bridgehead atoms. The lowest BCUT2D eigenvalue weighted by Gasteiger charge is -2.07. The van der Waals surface area contributed by atoms with Gasteiger partial charge in [-0.15, -0.1) is 0 Å². The van der Waals surface area contributed by atoms with Crippen molar-refractivity contribution in [3.63, 3.8) is 0 Å². The van der Waals surface area contributed by atoms with E-state index >= 15 is 0 Å². The van der Waals surface area contributed by atoms with E-state index in [0.29, 0.717) is 5.56 Å². The maximum absolute atomic E-state index is 11.3. The number of aromatic hydroxyl groups is 1. The molecular formula is C10H13NO3. The first kappa shape index (κ1) is 10.7. The van der Waals surface area contributed by atoms with Gasteiger partial charge in [-0.25, -0.2) is 0 Å². The molecule has 0 aliphatic rings. The lowest BCUT2D eigenvalue weighted by atomic mass is 10.1. The van der Waals surface area contributed by atoms with Gasteiger partial charge in [0.2, 0.25) is 0 Å². The summed E-state index contributed by atoms with van der Waals surface area (Å²) in [4.78, 5) is 11.3. The summed E-state index contributed by atoms with van der Waals surface area (Å²) >= 11 is 0. The molecule has 0 radical (unpaired) electrons. The maximum atomic E-state index is 11.3. The number of ketones is 1. The van der Waals surface area contributed by atoms with Gasteiger partial charge in [-0.1, -0.05) is 12.1 Å². The van der Waals surface area contributed by atoms with Gasteiger partial charge in [-0.05, 0) is 6.07 Å². The number of para-hydroxylation sites is 1. The molecule has 0 saturated carbocycles. The second kappa shape index (κ2) is 4.74. The molecule has 4 nitrogen and oxygen atoms in total. The number of hydrogen-bond donors (Lipinski definition) is 2. The average Bonchev–Trinajstić information content (AvgIpc) is 2.20. The fourth-order valence-corrected chi connectivity index (χ4v) is 1.20. The summed E-state index contributed by atoms with van der Waals surface area (Å²) in [5, 5.41) is 9.67. The van der Waals surface area contributed by atoms with E-state index in [-0.39, 0.29) is 30.2 Å². The second-order valence-corrected chi connectivity index (χ2v) is 2.87. The van der Waals surface area contributed by atoms with Crippen molar-refractivity contribution in [2.75, 3.05) is 13.7 Å². The minimum atomic E-state index is -0.277. The van der Waals surface area contributed by atoms with Crippen molar-refractivity contribution >= 4 is 5.78 Å². The van der Waals surface area contributed by atoms with Gasteiger partial charge in [0.25, 0.3) is 0 Å². The van der Waals surface area contributed by atoms with Crippen LogP contribution in [0.25, 0.3) is 0 Å². The van der Waals surface area contributed by atoms with E-state index in [9.17, 15) is 9.90 Å². The van der Waals surface area contributed by atoms with Gasteiger partial charge in [-0.3, -0.25) is 4.79 Å². The SMILES string of the molecule is COCc1cccc(C(=O)CN)c1O. The number of Topliss-reactive ketones (excluding diaryl/α,β-unsaturated/α-hetero) is 1. The lowest BCUT2D eigenvalue weighted by Crippen LogP contribution is -2.14. The highest BCUT2D eigenvalue weighted by molar-refractivity contribution is 6.00. The fraction of sp³-hybridized carbons (Fsp3) is 0.300. The van der Waals surface area contributed by atoms with Crippen molar-refractivity contribution < 1.29 is 14.6 Å². The van der Waals surface area contributed by atoms with E-state index in [4.69, 9.17) is 10.5 Å². The molecule has 1 rings (SSSR count). The highest BCUT2D eigenvalue weighted by atomic mass is 16.5. The van der Waals surface area contributed by atoms with Crippen LogP contribution in [0.2, 0.25) is 0 Å². The van der Waals surface area contributed by atoms with E-state index < -0.39 is 0 Å². The summed E-state index contributed by atoms with van der Waals surface area (Å²) in [5.41, 5.74) is 6.05. The lowest BCUT2D eigenvalue weighted by molar-refractivity contribution is 0.0998. The van der Waals surface area contributed by atoms with Crippen molar-refractivity contribution in [1.82, 2.24) is 0 Å². The zero-order valence-electron chi connectivity index (χ0n) is 7.99. The molecule has 0 aliphatic carbocycles. The number of carbonyl (C=O) groups is 1. The zero-order valence-corrected chi connectivity index (χ0v) is 7.99. The predicted octanol–water partition coefficient (Wildman–Crippen LogP) is 0.680. The Balaban J connectivity index is 3.07. The number of nitrogens with two attached hydrogens (primary N) is 1. The summed E-state index contributed by atoms with van der Waals surface area (Å²) in [6.45, 7) is 0.168. The van der Waals surface area contributed by atoms with Crippen LogP contribution in [0.3, 0.4) is 0 Å². The number of rotatable bonds is 4. The smallest absolute Gasteiger partial charge is 0.180 e. The van der Waals surface area contributed by atoms with E-state index in [1.807, 2.05) is 0 Å². The van der Waals surface area contributed by atoms with E-state index in [1.54, 1.807) is 18.2 Å². The van der Waals surface area contributed by atoms with Crippen LogP contribution in [-0.2, 0) is 11.3 Å². The Morgan fingerprint density at radius 2 is 2.29 bits per heavy atom. The molecule has 14 heavy (non-hydrogen) atoms. The second-order valence-electron chi connectivity index (χ2n) is 2.87. The standard InChI is InChI=1S/C10H13NO3/c1-14-6-7-3-2-4-8(10(7)13)9(12)5-11/h2-4,13H,5-6,11H2,1H3. The van der Waals surface area contributed by atoms with Gasteiger partial charge in [0.05, 0.1) is 18.7 Å². The van der Waals surface area contributed by atoms with Crippen molar-refractivity contribution in [2.45, 2.75) is 6.61 Å². The average molecular weight is 195 g/mol. The first-order chi connectivity index (χ1) is 6.70. The highest BCUT2D eigenvalue weighted by Gasteiger charge is 2.12. The minimum Gasteiger partial charge on any atom is -0.507 e. The topological polar surface area (TPSA) is 72.5 Å². The third-order valence-electron chi connectivity index (χ3n) is 1.91. The number of methoxy groups -OCH3 is 1. The van der Waals surface area contributed by atoms with Crippen molar-refractivity contribution in [2.24, 2.45) is 5.73 Å². The van der Waals surface area contributed by atoms with Crippen LogP contribution in [0.5, 0.6) is 5.75 Å². The molecule has 1 aromatic rings. The zero-order chi connectivity index (χ0) is 10.6. The molecule has 0 heterocycles. The maximum Gasteiger partial charge on any atom is 0.180 e. The quantitative estimate of drug-likeness (QED) is 0.693. The molecule has 0 fully saturated rings. The van der Waals surface area contributed by atoms with E-state index in [2.05, 4.69) is 0 Å². The Morgan fingerprint density at radius 3 is 2.86 bits per heavy atom. The summed E-state index contributed by atoms with van der Waals surface area (Å²) < 4.78 is 4.87. The fourth-order valence-electron chi connectivity index (χ4n) is 1.20. The number of benzene rings is 1. The number of phenolic OH excluding ortho intramolecular Hbond substituents is 1. The first-order valence-corrected chi connectivity index (χ1v) is 4.23. The number of ether oxygens (including phenoxy) is 1. The molecule has 0 amide bonds. The van der Waals surface area contributed by atoms with Gasteiger partial charge < -0.3 is 15.6 Å². The third-order valence-corrected chi connectivity index (χ3v) is 1.91. The van der Waals surface area contributed by atoms with Crippen LogP contribution >= 0.6 is 0 Å². The van der Waals surface area contributed by atoms with E-state index in [1.165, 1.54) is 7.11 Å². The molecule has 1 aromatic carbocycles. The Bertz CT molecular complexity index is 336. The van der Waals surface area contributed by atoms with Crippen LogP contribution in [-0.4, -0.2) is 24.5 Å². The molecule has 0 unspecified atom stereocenters. The first-order valence-electron chi connectivity index (χ1n) is 4.23. The van der Waals surface area contributed by atoms with Gasteiger partial charge >= 0.3 is 0 Å². The molecule has 0 spiro atoms. The van der Waals surface area contributed by atoms with Gasteiger partial charge in [0, 0.05) is 12.7 Å². The van der Waals surface area contributed by atoms with Crippen molar-refractivity contribution in [3.05, 3.63) is 29.3 Å². The van der Waals surface area contributed by atoms with Crippen molar-refractivity contribution in [3.8, 4) is 5.75 Å². The van der Waals surface area contributed by atoms with E-state index in [0.717, 1.165) is 0 Å². The largest absolute Gasteiger partial charge is 0.507 e. The monoisotopic (exact) mass is 195 g/mol. The Hall–Kier alpha value is -1.39. The molecule has 0 saturated heterocycles. The Kier molecular flexibility index (Phi) is 3.62. The summed E-state index contributed by atoms with van der Waals surface area (Å²) in [7, 11) is 1.52. The van der Waals surface area contributed by atoms with Crippen LogP contribution < -0.4 is 5.73 Å². The van der Waals surface area contributed by atoms with Crippen LogP contribution in [0.15, 0.2) is 18.2 Å². The van der Waals surface area contributed by atoms with Gasteiger partial charge in [-0.2, -0.15) is 0 Å². The highest BCUT2D eigenvalue weighted by Crippen LogP contribution is 2.23. The molecular weight excluding hydrogens is 182 g/mol. The number of carbonyl (C=O) groups excluding carboxylic acids is 1. The van der Waals surface area contributed by atoms with Gasteiger partial charge in [0.1, 0.15) is 5.75 Å². The van der Waals surface area contributed by atoms with Crippen LogP contribution in [0.1, 0.15) is 15.9 Å². The minimum absolute atomic E-state index is 0.0372. The van der Waals surface area contributed by atoms with Crippen molar-refractivity contribution in [1.29, 1.82) is 0 Å². The Labute approximate surface area is 82.3 Å². The molecule has 76 valence electrons. The molecule has 0 aliphatic heterocycles. The summed E-state index contributed by atoms with van der Waals surface area (Å²) in [6.07, 6.45) is 0. The number of hydrogen-bond acceptors (Lipinski definition) is 4. The number of phenols is 1. The molecule has 0 atom stereocenters. The van der Waals surface area contributed by atoms with Crippen LogP contribution in [0, 0.1) is 0 Å². The Morgan fingerprint density at radius 1 is 1.57 bits per heavy atom. The van der Waals surface area contributed by atoms with Crippen LogP contribution in [0.4, 0.5) is 0 Å².